The first kappa shape index (κ1) is 22.8. The molecule has 2 aliphatic heterocycles. The molecule has 2 saturated heterocycles. The van der Waals surface area contributed by atoms with Crippen LogP contribution in [0.25, 0.3) is 6.08 Å². The van der Waals surface area contributed by atoms with Gasteiger partial charge in [-0.05, 0) is 72.4 Å². The smallest absolute Gasteiger partial charge is 0.270 e. The lowest BCUT2D eigenvalue weighted by atomic mass is 10.1. The maximum absolute atomic E-state index is 13.3. The van der Waals surface area contributed by atoms with Gasteiger partial charge in [0.25, 0.3) is 11.8 Å². The second kappa shape index (κ2) is 10.1. The molecule has 2 heterocycles. The number of rotatable bonds is 5. The van der Waals surface area contributed by atoms with E-state index in [4.69, 9.17) is 17.0 Å². The molecular weight excluding hydrogens is 460 g/mol. The minimum Gasteiger partial charge on any atom is -0.457 e. The normalized spacial score (nSPS) is 17.5. The molecule has 7 nitrogen and oxygen atoms in total. The molecule has 0 aromatic heterocycles. The first-order chi connectivity index (χ1) is 17.1. The SMILES string of the molecule is O=C1NC(=S)N(c2ccc(Oc3ccccc3)cc2)C(=O)/C1=C/c1ccc(N2CCNCC2)cc1. The number of piperazine rings is 1. The Kier molecular flexibility index (Phi) is 6.56. The highest BCUT2D eigenvalue weighted by molar-refractivity contribution is 7.80. The quantitative estimate of drug-likeness (QED) is 0.327. The highest BCUT2D eigenvalue weighted by Crippen LogP contribution is 2.27. The van der Waals surface area contributed by atoms with Gasteiger partial charge in [0.1, 0.15) is 17.1 Å². The molecule has 176 valence electrons. The predicted molar refractivity (Wildman–Crippen MR) is 141 cm³/mol. The third-order valence-corrected chi connectivity index (χ3v) is 6.15. The molecule has 2 N–H and O–H groups in total. The fraction of sp³-hybridized carbons (Fsp3) is 0.148. The minimum atomic E-state index is -0.508. The average molecular weight is 485 g/mol. The van der Waals surface area contributed by atoms with Gasteiger partial charge in [0.05, 0.1) is 5.69 Å². The summed E-state index contributed by atoms with van der Waals surface area (Å²) in [5, 5.41) is 6.01. The van der Waals surface area contributed by atoms with Crippen molar-refractivity contribution >= 4 is 46.6 Å². The summed E-state index contributed by atoms with van der Waals surface area (Å²) in [6, 6.07) is 24.3. The van der Waals surface area contributed by atoms with Gasteiger partial charge in [-0.2, -0.15) is 0 Å². The summed E-state index contributed by atoms with van der Waals surface area (Å²) in [6.07, 6.45) is 1.60. The van der Waals surface area contributed by atoms with E-state index in [-0.39, 0.29) is 10.7 Å². The summed E-state index contributed by atoms with van der Waals surface area (Å²) in [5.41, 5.74) is 2.45. The minimum absolute atomic E-state index is 0.0261. The molecule has 0 unspecified atom stereocenters. The van der Waals surface area contributed by atoms with Crippen molar-refractivity contribution in [1.29, 1.82) is 0 Å². The number of hydrogen-bond acceptors (Lipinski definition) is 6. The van der Waals surface area contributed by atoms with E-state index in [1.54, 1.807) is 30.3 Å². The Balaban J connectivity index is 1.34. The van der Waals surface area contributed by atoms with Crippen molar-refractivity contribution < 1.29 is 14.3 Å². The van der Waals surface area contributed by atoms with Gasteiger partial charge in [0, 0.05) is 31.9 Å². The van der Waals surface area contributed by atoms with Crippen LogP contribution in [0.5, 0.6) is 11.5 Å². The molecule has 2 fully saturated rings. The van der Waals surface area contributed by atoms with E-state index in [1.807, 2.05) is 54.6 Å². The van der Waals surface area contributed by atoms with Crippen molar-refractivity contribution in [3.05, 3.63) is 90.0 Å². The van der Waals surface area contributed by atoms with Crippen molar-refractivity contribution in [3.63, 3.8) is 0 Å². The van der Waals surface area contributed by atoms with Gasteiger partial charge < -0.3 is 15.0 Å². The van der Waals surface area contributed by atoms with Gasteiger partial charge >= 0.3 is 0 Å². The van der Waals surface area contributed by atoms with Crippen LogP contribution in [0.3, 0.4) is 0 Å². The number of thiocarbonyl (C=S) groups is 1. The van der Waals surface area contributed by atoms with Gasteiger partial charge in [0.2, 0.25) is 0 Å². The zero-order valence-electron chi connectivity index (χ0n) is 18.9. The summed E-state index contributed by atoms with van der Waals surface area (Å²) in [6.45, 7) is 3.80. The van der Waals surface area contributed by atoms with E-state index in [0.29, 0.717) is 17.2 Å². The number of para-hydroxylation sites is 1. The van der Waals surface area contributed by atoms with E-state index >= 15 is 0 Å². The molecular formula is C27H24N4O3S. The van der Waals surface area contributed by atoms with Crippen LogP contribution in [0.15, 0.2) is 84.4 Å². The molecule has 3 aromatic carbocycles. The lowest BCUT2D eigenvalue weighted by Crippen LogP contribution is -2.54. The fourth-order valence-electron chi connectivity index (χ4n) is 4.05. The molecule has 0 saturated carbocycles. The van der Waals surface area contributed by atoms with E-state index < -0.39 is 11.8 Å². The number of benzene rings is 3. The first-order valence-corrected chi connectivity index (χ1v) is 11.8. The number of nitrogens with one attached hydrogen (secondary N) is 2. The molecule has 35 heavy (non-hydrogen) atoms. The summed E-state index contributed by atoms with van der Waals surface area (Å²) in [4.78, 5) is 29.5. The Labute approximate surface area is 209 Å². The summed E-state index contributed by atoms with van der Waals surface area (Å²) in [5.74, 6) is 0.359. The second-order valence-electron chi connectivity index (χ2n) is 8.20. The topological polar surface area (TPSA) is 73.9 Å². The van der Waals surface area contributed by atoms with Crippen molar-refractivity contribution in [3.8, 4) is 11.5 Å². The maximum Gasteiger partial charge on any atom is 0.270 e. The van der Waals surface area contributed by atoms with Crippen LogP contribution in [-0.2, 0) is 9.59 Å². The van der Waals surface area contributed by atoms with E-state index in [0.717, 1.165) is 37.4 Å². The molecule has 5 rings (SSSR count). The fourth-order valence-corrected chi connectivity index (χ4v) is 4.33. The number of amides is 2. The predicted octanol–water partition coefficient (Wildman–Crippen LogP) is 3.72. The van der Waals surface area contributed by atoms with Crippen LogP contribution in [0.1, 0.15) is 5.56 Å². The maximum atomic E-state index is 13.3. The van der Waals surface area contributed by atoms with Gasteiger partial charge in [-0.15, -0.1) is 0 Å². The van der Waals surface area contributed by atoms with Crippen molar-refractivity contribution in [1.82, 2.24) is 10.6 Å². The van der Waals surface area contributed by atoms with E-state index in [9.17, 15) is 9.59 Å². The van der Waals surface area contributed by atoms with Crippen molar-refractivity contribution in [2.24, 2.45) is 0 Å². The average Bonchev–Trinajstić information content (AvgIpc) is 2.89. The van der Waals surface area contributed by atoms with Crippen LogP contribution in [0.4, 0.5) is 11.4 Å². The van der Waals surface area contributed by atoms with Gasteiger partial charge in [-0.25, -0.2) is 0 Å². The number of carbonyl (C=O) groups is 2. The summed E-state index contributed by atoms with van der Waals surface area (Å²) < 4.78 is 5.82. The zero-order chi connectivity index (χ0) is 24.2. The summed E-state index contributed by atoms with van der Waals surface area (Å²) in [7, 11) is 0. The van der Waals surface area contributed by atoms with Crippen LogP contribution in [-0.4, -0.2) is 43.1 Å². The number of anilines is 2. The van der Waals surface area contributed by atoms with Crippen LogP contribution >= 0.6 is 12.2 Å². The number of nitrogens with zero attached hydrogens (tertiary/aromatic N) is 2. The van der Waals surface area contributed by atoms with E-state index in [1.165, 1.54) is 4.90 Å². The highest BCUT2D eigenvalue weighted by Gasteiger charge is 2.34. The molecule has 8 heteroatoms. The zero-order valence-corrected chi connectivity index (χ0v) is 19.8. The number of carbonyl (C=O) groups excluding carboxylic acids is 2. The lowest BCUT2D eigenvalue weighted by molar-refractivity contribution is -0.122. The van der Waals surface area contributed by atoms with Crippen molar-refractivity contribution in [2.45, 2.75) is 0 Å². The molecule has 2 amide bonds. The molecule has 0 aliphatic carbocycles. The molecule has 0 spiro atoms. The molecule has 0 radical (unpaired) electrons. The largest absolute Gasteiger partial charge is 0.457 e. The monoisotopic (exact) mass is 484 g/mol. The van der Waals surface area contributed by atoms with E-state index in [2.05, 4.69) is 15.5 Å². The third kappa shape index (κ3) is 5.08. The first-order valence-electron chi connectivity index (χ1n) is 11.4. The van der Waals surface area contributed by atoms with Crippen LogP contribution in [0, 0.1) is 0 Å². The van der Waals surface area contributed by atoms with Crippen molar-refractivity contribution in [2.75, 3.05) is 36.0 Å². The Bertz CT molecular complexity index is 1270. The molecule has 2 aliphatic rings. The van der Waals surface area contributed by atoms with Crippen LogP contribution < -0.4 is 25.2 Å². The Hall–Kier alpha value is -4.01. The number of ether oxygens (including phenoxy) is 1. The Morgan fingerprint density at radius 2 is 1.43 bits per heavy atom. The second-order valence-corrected chi connectivity index (χ2v) is 8.58. The van der Waals surface area contributed by atoms with Gasteiger partial charge in [0.15, 0.2) is 5.11 Å². The van der Waals surface area contributed by atoms with Gasteiger partial charge in [-0.3, -0.25) is 19.8 Å². The standard InChI is InChI=1S/C27H24N4O3S/c32-25-24(18-19-6-8-20(9-7-19)30-16-14-28-15-17-30)26(33)31(27(35)29-25)21-10-12-23(13-11-21)34-22-4-2-1-3-5-22/h1-13,18,28H,14-17H2,(H,29,32,35)/b24-18+. The Morgan fingerprint density at radius 1 is 0.800 bits per heavy atom. The third-order valence-electron chi connectivity index (χ3n) is 5.86. The highest BCUT2D eigenvalue weighted by atomic mass is 32.1. The molecule has 3 aromatic rings. The molecule has 0 bridgehead atoms. The number of hydrogen-bond donors (Lipinski definition) is 2. The van der Waals surface area contributed by atoms with Gasteiger partial charge in [-0.1, -0.05) is 30.3 Å². The summed E-state index contributed by atoms with van der Waals surface area (Å²) >= 11 is 5.31. The lowest BCUT2D eigenvalue weighted by Gasteiger charge is -2.29. The Morgan fingerprint density at radius 3 is 2.11 bits per heavy atom. The van der Waals surface area contributed by atoms with Crippen LogP contribution in [0.2, 0.25) is 0 Å². The molecule has 0 atom stereocenters.